The van der Waals surface area contributed by atoms with Gasteiger partial charge >= 0.3 is 15.2 Å². The van der Waals surface area contributed by atoms with Gasteiger partial charge in [0, 0.05) is 0 Å². The molecule has 1 aromatic heterocycles. The molecule has 1 aromatic rings. The van der Waals surface area contributed by atoms with Gasteiger partial charge in [0.1, 0.15) is 11.4 Å². The van der Waals surface area contributed by atoms with Crippen molar-refractivity contribution < 1.29 is 31.6 Å². The first-order valence-electron chi connectivity index (χ1n) is 7.75. The second kappa shape index (κ2) is 9.77. The molecule has 0 spiro atoms. The summed E-state index contributed by atoms with van der Waals surface area (Å²) in [4.78, 5) is 0. The average Bonchev–Trinajstić information content (AvgIpc) is 2.99. The van der Waals surface area contributed by atoms with Crippen LogP contribution in [0.1, 0.15) is 39.1 Å². The van der Waals surface area contributed by atoms with Gasteiger partial charge in [-0.2, -0.15) is 0 Å². The second-order valence-electron chi connectivity index (χ2n) is 4.54. The normalized spacial score (nSPS) is 14.1. The lowest BCUT2D eigenvalue weighted by atomic mass is 10.3. The van der Waals surface area contributed by atoms with Gasteiger partial charge in [-0.1, -0.05) is 0 Å². The lowest BCUT2D eigenvalue weighted by Crippen LogP contribution is -2.13. The Morgan fingerprint density at radius 2 is 1.48 bits per heavy atom. The molecule has 0 saturated heterocycles. The molecule has 0 aliphatic heterocycles. The highest BCUT2D eigenvalue weighted by Crippen LogP contribution is 2.66. The maximum absolute atomic E-state index is 13.2. The standard InChI is InChI=1S/C14H26O7P2/c1-5-18-22(15,19-6-2)12-14(13-10-9-11-17-13)23(16,20-7-3)21-8-4/h9-11,14H,5-8,12H2,1-4H3. The van der Waals surface area contributed by atoms with Crippen molar-refractivity contribution in [2.24, 2.45) is 0 Å². The molecule has 23 heavy (non-hydrogen) atoms. The van der Waals surface area contributed by atoms with Gasteiger partial charge in [-0.25, -0.2) is 0 Å². The van der Waals surface area contributed by atoms with Crippen molar-refractivity contribution in [3.63, 3.8) is 0 Å². The van der Waals surface area contributed by atoms with Crippen LogP contribution < -0.4 is 0 Å². The molecule has 0 amide bonds. The highest BCUT2D eigenvalue weighted by molar-refractivity contribution is 7.58. The van der Waals surface area contributed by atoms with Crippen LogP contribution in [0, 0.1) is 0 Å². The molecule has 0 bridgehead atoms. The maximum atomic E-state index is 13.2. The zero-order valence-corrected chi connectivity index (χ0v) is 15.9. The number of furan rings is 1. The maximum Gasteiger partial charge on any atom is 0.341 e. The minimum Gasteiger partial charge on any atom is -0.468 e. The molecule has 0 fully saturated rings. The third-order valence-electron chi connectivity index (χ3n) is 2.92. The average molecular weight is 368 g/mol. The van der Waals surface area contributed by atoms with Crippen molar-refractivity contribution in [2.45, 2.75) is 33.4 Å². The molecule has 1 rings (SSSR count). The molecule has 0 aliphatic rings. The number of rotatable bonds is 12. The van der Waals surface area contributed by atoms with Crippen molar-refractivity contribution in [3.8, 4) is 0 Å². The fourth-order valence-electron chi connectivity index (χ4n) is 2.15. The Hall–Kier alpha value is -0.420. The molecule has 0 radical (unpaired) electrons. The summed E-state index contributed by atoms with van der Waals surface area (Å²) in [6.07, 6.45) is 1.32. The van der Waals surface area contributed by atoms with Gasteiger partial charge in [0.25, 0.3) is 0 Å². The Balaban J connectivity index is 3.19. The number of hydrogen-bond acceptors (Lipinski definition) is 7. The summed E-state index contributed by atoms with van der Waals surface area (Å²) < 4.78 is 52.8. The van der Waals surface area contributed by atoms with Crippen LogP contribution in [0.25, 0.3) is 0 Å². The van der Waals surface area contributed by atoms with Gasteiger partial charge in [0.2, 0.25) is 0 Å². The SMILES string of the molecule is CCOP(=O)(CC(c1ccco1)P(=O)(OCC)OCC)OCC. The highest BCUT2D eigenvalue weighted by Gasteiger charge is 2.44. The lowest BCUT2D eigenvalue weighted by Gasteiger charge is -2.27. The number of hydrogen-bond donors (Lipinski definition) is 0. The zero-order chi connectivity index (χ0) is 17.3. The quantitative estimate of drug-likeness (QED) is 0.487. The Labute approximate surface area is 137 Å². The van der Waals surface area contributed by atoms with Crippen LogP contribution in [0.5, 0.6) is 0 Å². The van der Waals surface area contributed by atoms with E-state index in [2.05, 4.69) is 0 Å². The van der Waals surface area contributed by atoms with Gasteiger partial charge in [-0.3, -0.25) is 9.13 Å². The first kappa shape index (κ1) is 20.6. The van der Waals surface area contributed by atoms with Crippen LogP contribution in [-0.2, 0) is 27.2 Å². The lowest BCUT2D eigenvalue weighted by molar-refractivity contribution is 0.201. The van der Waals surface area contributed by atoms with E-state index < -0.39 is 20.9 Å². The zero-order valence-electron chi connectivity index (χ0n) is 14.1. The van der Waals surface area contributed by atoms with Gasteiger partial charge in [0.15, 0.2) is 0 Å². The predicted octanol–water partition coefficient (Wildman–Crippen LogP) is 4.85. The van der Waals surface area contributed by atoms with Gasteiger partial charge in [-0.05, 0) is 39.8 Å². The van der Waals surface area contributed by atoms with Crippen molar-refractivity contribution in [1.29, 1.82) is 0 Å². The van der Waals surface area contributed by atoms with E-state index in [9.17, 15) is 9.13 Å². The molecule has 1 unspecified atom stereocenters. The smallest absolute Gasteiger partial charge is 0.341 e. The largest absolute Gasteiger partial charge is 0.468 e. The van der Waals surface area contributed by atoms with E-state index in [1.54, 1.807) is 39.8 Å². The van der Waals surface area contributed by atoms with E-state index in [0.29, 0.717) is 5.76 Å². The van der Waals surface area contributed by atoms with E-state index in [1.807, 2.05) is 0 Å². The predicted molar refractivity (Wildman–Crippen MR) is 88.0 cm³/mol. The molecular weight excluding hydrogens is 342 g/mol. The van der Waals surface area contributed by atoms with E-state index in [1.165, 1.54) is 6.26 Å². The highest BCUT2D eigenvalue weighted by atomic mass is 31.2. The Morgan fingerprint density at radius 1 is 0.957 bits per heavy atom. The molecule has 0 aliphatic carbocycles. The minimum absolute atomic E-state index is 0.139. The molecular formula is C14H26O7P2. The summed E-state index contributed by atoms with van der Waals surface area (Å²) in [5.74, 6) is 0.370. The van der Waals surface area contributed by atoms with Crippen molar-refractivity contribution >= 4 is 15.2 Å². The third-order valence-corrected chi connectivity index (χ3v) is 7.76. The monoisotopic (exact) mass is 368 g/mol. The molecule has 0 N–H and O–H groups in total. The van der Waals surface area contributed by atoms with Crippen LogP contribution in [-0.4, -0.2) is 32.6 Å². The molecule has 0 saturated carbocycles. The van der Waals surface area contributed by atoms with Crippen LogP contribution in [0.4, 0.5) is 0 Å². The second-order valence-corrected chi connectivity index (χ2v) is 8.86. The third kappa shape index (κ3) is 5.86. The fourth-order valence-corrected chi connectivity index (χ4v) is 6.84. The molecule has 7 nitrogen and oxygen atoms in total. The van der Waals surface area contributed by atoms with E-state index in [-0.39, 0.29) is 32.6 Å². The molecule has 0 aromatic carbocycles. The minimum atomic E-state index is -3.59. The summed E-state index contributed by atoms with van der Waals surface area (Å²) in [5.41, 5.74) is -0.860. The van der Waals surface area contributed by atoms with Gasteiger partial charge in [0.05, 0.1) is 38.9 Å². The van der Waals surface area contributed by atoms with E-state index in [4.69, 9.17) is 22.5 Å². The van der Waals surface area contributed by atoms with Crippen molar-refractivity contribution in [3.05, 3.63) is 24.2 Å². The Morgan fingerprint density at radius 3 is 1.87 bits per heavy atom. The Bertz CT molecular complexity index is 509. The first-order valence-corrected chi connectivity index (χ1v) is 11.1. The summed E-state index contributed by atoms with van der Waals surface area (Å²) >= 11 is 0. The molecule has 1 atom stereocenters. The Kier molecular flexibility index (Phi) is 8.76. The first-order chi connectivity index (χ1) is 10.9. The van der Waals surface area contributed by atoms with Crippen LogP contribution in [0.15, 0.2) is 22.8 Å². The van der Waals surface area contributed by atoms with Crippen molar-refractivity contribution in [1.82, 2.24) is 0 Å². The molecule has 134 valence electrons. The summed E-state index contributed by atoms with van der Waals surface area (Å²) in [5, 5.41) is 0. The van der Waals surface area contributed by atoms with Crippen LogP contribution in [0.2, 0.25) is 0 Å². The topological polar surface area (TPSA) is 84.2 Å². The summed E-state index contributed by atoms with van der Waals surface area (Å²) in [6.45, 7) is 7.71. The van der Waals surface area contributed by atoms with Gasteiger partial charge < -0.3 is 22.5 Å². The fraction of sp³-hybridized carbons (Fsp3) is 0.714. The summed E-state index contributed by atoms with van der Waals surface area (Å²) in [7, 11) is -7.04. The van der Waals surface area contributed by atoms with E-state index in [0.717, 1.165) is 0 Å². The summed E-state index contributed by atoms with van der Waals surface area (Å²) in [6, 6.07) is 3.31. The molecule has 1 heterocycles. The molecule has 9 heteroatoms. The van der Waals surface area contributed by atoms with Crippen LogP contribution in [0.3, 0.4) is 0 Å². The van der Waals surface area contributed by atoms with Crippen molar-refractivity contribution in [2.75, 3.05) is 32.6 Å². The van der Waals surface area contributed by atoms with Crippen LogP contribution >= 0.6 is 15.2 Å². The van der Waals surface area contributed by atoms with Gasteiger partial charge in [-0.15, -0.1) is 0 Å². The van der Waals surface area contributed by atoms with E-state index >= 15 is 0 Å².